The molecule has 0 saturated carbocycles. The average molecular weight is 166 g/mol. The summed E-state index contributed by atoms with van der Waals surface area (Å²) in [4.78, 5) is 0. The highest BCUT2D eigenvalue weighted by molar-refractivity contribution is 5.06. The summed E-state index contributed by atoms with van der Waals surface area (Å²) in [5.41, 5.74) is 1.37. The molecular formula is C10H18N2. The molecule has 0 aliphatic rings. The molecule has 1 atom stereocenters. The summed E-state index contributed by atoms with van der Waals surface area (Å²) >= 11 is 0. The van der Waals surface area contributed by atoms with Gasteiger partial charge in [0.25, 0.3) is 0 Å². The fourth-order valence-electron chi connectivity index (χ4n) is 1.37. The summed E-state index contributed by atoms with van der Waals surface area (Å²) < 4.78 is 2.12. The molecule has 68 valence electrons. The Labute approximate surface area is 74.6 Å². The second kappa shape index (κ2) is 4.29. The first kappa shape index (κ1) is 9.30. The van der Waals surface area contributed by atoms with Gasteiger partial charge in [0, 0.05) is 18.4 Å². The minimum Gasteiger partial charge on any atom is -0.269 e. The number of nitrogens with zero attached hydrogens (tertiary/aromatic N) is 2. The van der Waals surface area contributed by atoms with Gasteiger partial charge in [0.05, 0.1) is 0 Å². The lowest BCUT2D eigenvalue weighted by atomic mass is 10.1. The van der Waals surface area contributed by atoms with Crippen LogP contribution < -0.4 is 0 Å². The van der Waals surface area contributed by atoms with E-state index in [2.05, 4.69) is 36.6 Å². The molecule has 0 aromatic carbocycles. The highest BCUT2D eigenvalue weighted by Crippen LogP contribution is 2.17. The van der Waals surface area contributed by atoms with Gasteiger partial charge in [-0.05, 0) is 24.8 Å². The van der Waals surface area contributed by atoms with E-state index in [4.69, 9.17) is 0 Å². The molecule has 0 aliphatic heterocycles. The first-order valence-electron chi connectivity index (χ1n) is 4.81. The van der Waals surface area contributed by atoms with Crippen molar-refractivity contribution in [3.05, 3.63) is 18.0 Å². The van der Waals surface area contributed by atoms with Crippen molar-refractivity contribution in [2.45, 2.75) is 46.1 Å². The number of rotatable bonds is 4. The smallest absolute Gasteiger partial charge is 0.0492 e. The average Bonchev–Trinajstić information content (AvgIpc) is 2.52. The molecule has 0 bridgehead atoms. The van der Waals surface area contributed by atoms with Gasteiger partial charge in [0.2, 0.25) is 0 Å². The molecule has 0 saturated heterocycles. The zero-order valence-electron chi connectivity index (χ0n) is 8.25. The SMILES string of the molecule is CCCn1nccc1C(C)CC. The fraction of sp³-hybridized carbons (Fsp3) is 0.700. The molecule has 0 spiro atoms. The maximum atomic E-state index is 4.29. The number of hydrogen-bond acceptors (Lipinski definition) is 1. The maximum absolute atomic E-state index is 4.29. The molecule has 2 heteroatoms. The van der Waals surface area contributed by atoms with Crippen molar-refractivity contribution in [1.29, 1.82) is 0 Å². The third kappa shape index (κ3) is 1.87. The van der Waals surface area contributed by atoms with Crippen molar-refractivity contribution < 1.29 is 0 Å². The van der Waals surface area contributed by atoms with Crippen molar-refractivity contribution in [1.82, 2.24) is 9.78 Å². The van der Waals surface area contributed by atoms with E-state index in [1.807, 2.05) is 6.20 Å². The number of hydrogen-bond donors (Lipinski definition) is 0. The Hall–Kier alpha value is -0.790. The minimum atomic E-state index is 0.638. The molecule has 0 fully saturated rings. The standard InChI is InChI=1S/C10H18N2/c1-4-8-12-10(6-7-11-12)9(3)5-2/h6-7,9H,4-5,8H2,1-3H3. The first-order chi connectivity index (χ1) is 5.79. The van der Waals surface area contributed by atoms with Crippen LogP contribution >= 0.6 is 0 Å². The van der Waals surface area contributed by atoms with Gasteiger partial charge in [0.15, 0.2) is 0 Å². The molecule has 0 aliphatic carbocycles. The predicted molar refractivity (Wildman–Crippen MR) is 51.2 cm³/mol. The molecule has 0 radical (unpaired) electrons. The van der Waals surface area contributed by atoms with Crippen LogP contribution in [-0.2, 0) is 6.54 Å². The van der Waals surface area contributed by atoms with Crippen molar-refractivity contribution in [2.24, 2.45) is 0 Å². The van der Waals surface area contributed by atoms with Crippen LogP contribution in [-0.4, -0.2) is 9.78 Å². The molecule has 1 aromatic rings. The monoisotopic (exact) mass is 166 g/mol. The lowest BCUT2D eigenvalue weighted by Crippen LogP contribution is -2.06. The molecule has 1 aromatic heterocycles. The zero-order valence-corrected chi connectivity index (χ0v) is 8.25. The first-order valence-corrected chi connectivity index (χ1v) is 4.81. The van der Waals surface area contributed by atoms with E-state index >= 15 is 0 Å². The minimum absolute atomic E-state index is 0.638. The summed E-state index contributed by atoms with van der Waals surface area (Å²) in [5.74, 6) is 0.638. The molecule has 1 unspecified atom stereocenters. The van der Waals surface area contributed by atoms with E-state index < -0.39 is 0 Å². The summed E-state index contributed by atoms with van der Waals surface area (Å²) in [6.45, 7) is 7.70. The fourth-order valence-corrected chi connectivity index (χ4v) is 1.37. The lowest BCUT2D eigenvalue weighted by molar-refractivity contribution is 0.541. The summed E-state index contributed by atoms with van der Waals surface area (Å²) in [6, 6.07) is 2.13. The Morgan fingerprint density at radius 1 is 1.50 bits per heavy atom. The van der Waals surface area contributed by atoms with Crippen molar-refractivity contribution in [2.75, 3.05) is 0 Å². The molecule has 2 nitrogen and oxygen atoms in total. The van der Waals surface area contributed by atoms with Gasteiger partial charge in [-0.15, -0.1) is 0 Å². The summed E-state index contributed by atoms with van der Waals surface area (Å²) in [6.07, 6.45) is 4.25. The van der Waals surface area contributed by atoms with Gasteiger partial charge in [-0.3, -0.25) is 4.68 Å². The van der Waals surface area contributed by atoms with Crippen LogP contribution in [0.15, 0.2) is 12.3 Å². The predicted octanol–water partition coefficient (Wildman–Crippen LogP) is 2.81. The van der Waals surface area contributed by atoms with E-state index in [9.17, 15) is 0 Å². The van der Waals surface area contributed by atoms with E-state index in [1.54, 1.807) is 0 Å². The van der Waals surface area contributed by atoms with Crippen molar-refractivity contribution in [3.8, 4) is 0 Å². The zero-order chi connectivity index (χ0) is 8.97. The molecule has 1 rings (SSSR count). The van der Waals surface area contributed by atoms with E-state index in [-0.39, 0.29) is 0 Å². The van der Waals surface area contributed by atoms with E-state index in [1.165, 1.54) is 12.1 Å². The van der Waals surface area contributed by atoms with Crippen LogP contribution in [0.25, 0.3) is 0 Å². The number of aryl methyl sites for hydroxylation is 1. The Kier molecular flexibility index (Phi) is 3.32. The molecule has 1 heterocycles. The Morgan fingerprint density at radius 3 is 2.83 bits per heavy atom. The maximum Gasteiger partial charge on any atom is 0.0492 e. The van der Waals surface area contributed by atoms with Gasteiger partial charge in [-0.1, -0.05) is 20.8 Å². The molecular weight excluding hydrogens is 148 g/mol. The van der Waals surface area contributed by atoms with Crippen LogP contribution in [0.2, 0.25) is 0 Å². The number of aromatic nitrogens is 2. The molecule has 0 amide bonds. The van der Waals surface area contributed by atoms with Gasteiger partial charge < -0.3 is 0 Å². The lowest BCUT2D eigenvalue weighted by Gasteiger charge is -2.10. The van der Waals surface area contributed by atoms with Crippen LogP contribution in [0.1, 0.15) is 45.2 Å². The molecule has 0 N–H and O–H groups in total. The normalized spacial score (nSPS) is 13.2. The largest absolute Gasteiger partial charge is 0.269 e. The third-order valence-corrected chi connectivity index (χ3v) is 2.30. The second-order valence-corrected chi connectivity index (χ2v) is 3.29. The van der Waals surface area contributed by atoms with Gasteiger partial charge in [0.1, 0.15) is 0 Å². The summed E-state index contributed by atoms with van der Waals surface area (Å²) in [5, 5.41) is 4.29. The quantitative estimate of drug-likeness (QED) is 0.672. The highest BCUT2D eigenvalue weighted by atomic mass is 15.3. The van der Waals surface area contributed by atoms with Crippen molar-refractivity contribution >= 4 is 0 Å². The Balaban J connectivity index is 2.76. The van der Waals surface area contributed by atoms with Gasteiger partial charge in [-0.2, -0.15) is 5.10 Å². The molecule has 12 heavy (non-hydrogen) atoms. The van der Waals surface area contributed by atoms with Crippen molar-refractivity contribution in [3.63, 3.8) is 0 Å². The summed E-state index contributed by atoms with van der Waals surface area (Å²) in [7, 11) is 0. The van der Waals surface area contributed by atoms with E-state index in [0.717, 1.165) is 13.0 Å². The Morgan fingerprint density at radius 2 is 2.25 bits per heavy atom. The topological polar surface area (TPSA) is 17.8 Å². The van der Waals surface area contributed by atoms with Crippen LogP contribution in [0.3, 0.4) is 0 Å². The highest BCUT2D eigenvalue weighted by Gasteiger charge is 2.07. The van der Waals surface area contributed by atoms with Crippen LogP contribution in [0.4, 0.5) is 0 Å². The van der Waals surface area contributed by atoms with E-state index in [0.29, 0.717) is 5.92 Å². The third-order valence-electron chi connectivity index (χ3n) is 2.30. The van der Waals surface area contributed by atoms with Gasteiger partial charge in [-0.25, -0.2) is 0 Å². The second-order valence-electron chi connectivity index (χ2n) is 3.29. The van der Waals surface area contributed by atoms with Crippen LogP contribution in [0.5, 0.6) is 0 Å². The Bertz CT molecular complexity index is 227. The van der Waals surface area contributed by atoms with Crippen LogP contribution in [0, 0.1) is 0 Å². The van der Waals surface area contributed by atoms with Gasteiger partial charge >= 0.3 is 0 Å².